The third-order valence-electron chi connectivity index (χ3n) is 2.06. The fourth-order valence-corrected chi connectivity index (χ4v) is 2.31. The summed E-state index contributed by atoms with van der Waals surface area (Å²) in [6.45, 7) is 2.79. The minimum Gasteiger partial charge on any atom is -0.380 e. The van der Waals surface area contributed by atoms with Crippen LogP contribution in [-0.4, -0.2) is 31.9 Å². The van der Waals surface area contributed by atoms with Crippen LogP contribution in [0.1, 0.15) is 13.3 Å². The summed E-state index contributed by atoms with van der Waals surface area (Å²) in [7, 11) is -3.83. The van der Waals surface area contributed by atoms with E-state index in [9.17, 15) is 8.42 Å². The molecule has 4 nitrogen and oxygen atoms in total. The molecule has 1 heterocycles. The Morgan fingerprint density at radius 3 is 2.18 bits per heavy atom. The van der Waals surface area contributed by atoms with E-state index >= 15 is 0 Å². The minimum atomic E-state index is -3.83. The Labute approximate surface area is 66.3 Å². The molecule has 0 aliphatic carbocycles. The molecule has 1 fully saturated rings. The Morgan fingerprint density at radius 2 is 2.09 bits per heavy atom. The van der Waals surface area contributed by atoms with Crippen molar-refractivity contribution in [2.24, 2.45) is 5.41 Å². The predicted molar refractivity (Wildman–Crippen MR) is 40.0 cm³/mol. The molecule has 1 aliphatic heterocycles. The maximum absolute atomic E-state index is 10.5. The average molecular weight is 180 g/mol. The van der Waals surface area contributed by atoms with E-state index in [-0.39, 0.29) is 11.2 Å². The molecular formula is C6H12O4S. The van der Waals surface area contributed by atoms with Crippen molar-refractivity contribution < 1.29 is 17.7 Å². The molecule has 5 heteroatoms. The quantitative estimate of drug-likeness (QED) is 0.634. The van der Waals surface area contributed by atoms with Crippen molar-refractivity contribution in [3.8, 4) is 0 Å². The van der Waals surface area contributed by atoms with E-state index < -0.39 is 10.1 Å². The third-order valence-corrected chi connectivity index (χ3v) is 3.03. The normalized spacial score (nSPS) is 22.7. The van der Waals surface area contributed by atoms with Crippen LogP contribution in [0.3, 0.4) is 0 Å². The van der Waals surface area contributed by atoms with Gasteiger partial charge < -0.3 is 4.74 Å². The molecule has 0 spiro atoms. The van der Waals surface area contributed by atoms with Crippen molar-refractivity contribution in [3.63, 3.8) is 0 Å². The highest BCUT2D eigenvalue weighted by molar-refractivity contribution is 7.85. The second kappa shape index (κ2) is 2.73. The number of hydrogen-bond acceptors (Lipinski definition) is 3. The van der Waals surface area contributed by atoms with Crippen molar-refractivity contribution in [2.75, 3.05) is 19.0 Å². The molecule has 0 radical (unpaired) electrons. The second-order valence-electron chi connectivity index (χ2n) is 3.07. The molecular weight excluding hydrogens is 168 g/mol. The molecule has 0 saturated carbocycles. The van der Waals surface area contributed by atoms with Gasteiger partial charge in [0.1, 0.15) is 0 Å². The van der Waals surface area contributed by atoms with Crippen LogP contribution in [0.15, 0.2) is 0 Å². The topological polar surface area (TPSA) is 63.6 Å². The van der Waals surface area contributed by atoms with E-state index in [1.165, 1.54) is 0 Å². The molecule has 1 rings (SSSR count). The summed E-state index contributed by atoms with van der Waals surface area (Å²) in [5, 5.41) is 0. The highest BCUT2D eigenvalue weighted by Gasteiger charge is 2.40. The van der Waals surface area contributed by atoms with Crippen LogP contribution in [0.5, 0.6) is 0 Å². The molecule has 1 aliphatic rings. The number of hydrogen-bond donors (Lipinski definition) is 1. The highest BCUT2D eigenvalue weighted by atomic mass is 32.2. The Balaban J connectivity index is 2.59. The molecule has 66 valence electrons. The predicted octanol–water partition coefficient (Wildman–Crippen LogP) is 0.301. The third kappa shape index (κ3) is 2.15. The van der Waals surface area contributed by atoms with Gasteiger partial charge in [-0.25, -0.2) is 0 Å². The molecule has 1 N–H and O–H groups in total. The Morgan fingerprint density at radius 1 is 1.55 bits per heavy atom. The summed E-state index contributed by atoms with van der Waals surface area (Å²) in [5.74, 6) is -0.170. The van der Waals surface area contributed by atoms with Gasteiger partial charge in [-0.2, -0.15) is 8.42 Å². The molecule has 1 saturated heterocycles. The summed E-state index contributed by atoms with van der Waals surface area (Å²) in [4.78, 5) is 0. The van der Waals surface area contributed by atoms with Gasteiger partial charge in [-0.3, -0.25) is 4.55 Å². The van der Waals surface area contributed by atoms with E-state index in [1.54, 1.807) is 0 Å². The highest BCUT2D eigenvalue weighted by Crippen LogP contribution is 2.32. The maximum Gasteiger partial charge on any atom is 0.265 e. The van der Waals surface area contributed by atoms with Gasteiger partial charge in [0.25, 0.3) is 10.1 Å². The first-order valence-corrected chi connectivity index (χ1v) is 5.11. The fourth-order valence-electron chi connectivity index (χ4n) is 1.17. The summed E-state index contributed by atoms with van der Waals surface area (Å²) < 4.78 is 34.5. The smallest absolute Gasteiger partial charge is 0.265 e. The van der Waals surface area contributed by atoms with Crippen LogP contribution in [0, 0.1) is 5.41 Å². The molecule has 0 aromatic rings. The van der Waals surface area contributed by atoms with Crippen molar-refractivity contribution in [1.29, 1.82) is 0 Å². The molecule has 0 aromatic carbocycles. The molecule has 0 bridgehead atoms. The average Bonchev–Trinajstić information content (AvgIpc) is 1.77. The van der Waals surface area contributed by atoms with E-state index in [2.05, 4.69) is 0 Å². The molecule has 0 amide bonds. The van der Waals surface area contributed by atoms with Gasteiger partial charge in [0, 0.05) is 5.41 Å². The lowest BCUT2D eigenvalue weighted by molar-refractivity contribution is -0.101. The van der Waals surface area contributed by atoms with Gasteiger partial charge in [0.15, 0.2) is 0 Å². The number of rotatable bonds is 3. The lowest BCUT2D eigenvalue weighted by Crippen LogP contribution is -2.47. The molecule has 0 unspecified atom stereocenters. The van der Waals surface area contributed by atoms with Gasteiger partial charge in [-0.15, -0.1) is 0 Å². The Hall–Kier alpha value is -0.130. The van der Waals surface area contributed by atoms with Crippen LogP contribution >= 0.6 is 0 Å². The zero-order valence-corrected chi connectivity index (χ0v) is 7.23. The van der Waals surface area contributed by atoms with Crippen molar-refractivity contribution in [2.45, 2.75) is 13.3 Å². The molecule has 0 atom stereocenters. The van der Waals surface area contributed by atoms with Gasteiger partial charge in [-0.1, -0.05) is 6.92 Å². The summed E-state index contributed by atoms with van der Waals surface area (Å²) in [5.41, 5.74) is -0.312. The van der Waals surface area contributed by atoms with Crippen molar-refractivity contribution >= 4 is 10.1 Å². The summed E-state index contributed by atoms with van der Waals surface area (Å²) >= 11 is 0. The maximum atomic E-state index is 10.5. The summed E-state index contributed by atoms with van der Waals surface area (Å²) in [6, 6.07) is 0. The standard InChI is InChI=1S/C6H12O4S/c1-2-6(3-10-4-6)5-11(7,8)9/h2-5H2,1H3,(H,7,8,9). The van der Waals surface area contributed by atoms with Crippen molar-refractivity contribution in [1.82, 2.24) is 0 Å². The van der Waals surface area contributed by atoms with Crippen LogP contribution in [0.2, 0.25) is 0 Å². The van der Waals surface area contributed by atoms with Crippen LogP contribution in [0.25, 0.3) is 0 Å². The summed E-state index contributed by atoms with van der Waals surface area (Å²) in [6.07, 6.45) is 0.729. The largest absolute Gasteiger partial charge is 0.380 e. The Kier molecular flexibility index (Phi) is 2.22. The van der Waals surface area contributed by atoms with Crippen molar-refractivity contribution in [3.05, 3.63) is 0 Å². The van der Waals surface area contributed by atoms with Gasteiger partial charge in [0.2, 0.25) is 0 Å². The first-order chi connectivity index (χ1) is 4.97. The zero-order valence-electron chi connectivity index (χ0n) is 6.41. The minimum absolute atomic E-state index is 0.170. The van der Waals surface area contributed by atoms with E-state index in [0.717, 1.165) is 6.42 Å². The van der Waals surface area contributed by atoms with Crippen LogP contribution in [0.4, 0.5) is 0 Å². The fraction of sp³-hybridized carbons (Fsp3) is 1.00. The van der Waals surface area contributed by atoms with E-state index in [4.69, 9.17) is 9.29 Å². The first-order valence-electron chi connectivity index (χ1n) is 3.50. The zero-order chi connectivity index (χ0) is 8.54. The van der Waals surface area contributed by atoms with Gasteiger partial charge in [0.05, 0.1) is 19.0 Å². The van der Waals surface area contributed by atoms with Crippen LogP contribution < -0.4 is 0 Å². The lowest BCUT2D eigenvalue weighted by atomic mass is 9.86. The molecule has 0 aromatic heterocycles. The molecule has 11 heavy (non-hydrogen) atoms. The SMILES string of the molecule is CCC1(CS(=O)(=O)O)COC1. The number of ether oxygens (including phenoxy) is 1. The van der Waals surface area contributed by atoms with E-state index in [1.807, 2.05) is 6.92 Å². The van der Waals surface area contributed by atoms with E-state index in [0.29, 0.717) is 13.2 Å². The lowest BCUT2D eigenvalue weighted by Gasteiger charge is -2.39. The van der Waals surface area contributed by atoms with Gasteiger partial charge >= 0.3 is 0 Å². The monoisotopic (exact) mass is 180 g/mol. The first kappa shape index (κ1) is 8.96. The Bertz CT molecular complexity index is 221. The van der Waals surface area contributed by atoms with Gasteiger partial charge in [-0.05, 0) is 6.42 Å². The van der Waals surface area contributed by atoms with Crippen LogP contribution in [-0.2, 0) is 14.9 Å². The second-order valence-corrected chi connectivity index (χ2v) is 4.53.